The monoisotopic (exact) mass is 323 g/mol. The smallest absolute Gasteiger partial charge is 0.405 e. The third kappa shape index (κ3) is 3.88. The van der Waals surface area contributed by atoms with Crippen molar-refractivity contribution in [3.8, 4) is 5.75 Å². The molecule has 0 spiro atoms. The van der Waals surface area contributed by atoms with Crippen molar-refractivity contribution in [2.75, 3.05) is 13.1 Å². The lowest BCUT2D eigenvalue weighted by Crippen LogP contribution is -2.22. The lowest BCUT2D eigenvalue weighted by molar-refractivity contribution is -0.275. The van der Waals surface area contributed by atoms with Gasteiger partial charge >= 0.3 is 6.36 Å². The van der Waals surface area contributed by atoms with E-state index in [0.29, 0.717) is 12.1 Å². The molecule has 0 aromatic heterocycles. The van der Waals surface area contributed by atoms with Crippen molar-refractivity contribution in [1.82, 2.24) is 4.90 Å². The summed E-state index contributed by atoms with van der Waals surface area (Å²) in [5.41, 5.74) is 0.559. The third-order valence-corrected chi connectivity index (χ3v) is 3.33. The zero-order chi connectivity index (χ0) is 13.2. The minimum atomic E-state index is -4.65. The Morgan fingerprint density at radius 3 is 2.50 bits per heavy atom. The van der Waals surface area contributed by atoms with Gasteiger partial charge in [0, 0.05) is 16.6 Å². The molecular formula is C12H13BrF3NO. The molecule has 0 radical (unpaired) electrons. The topological polar surface area (TPSA) is 12.5 Å². The van der Waals surface area contributed by atoms with E-state index in [0.717, 1.165) is 30.4 Å². The van der Waals surface area contributed by atoms with Crippen molar-refractivity contribution in [2.45, 2.75) is 25.7 Å². The first-order valence-corrected chi connectivity index (χ1v) is 6.50. The van der Waals surface area contributed by atoms with Gasteiger partial charge in [-0.25, -0.2) is 0 Å². The van der Waals surface area contributed by atoms with Crippen LogP contribution in [-0.2, 0) is 6.54 Å². The first-order valence-electron chi connectivity index (χ1n) is 5.70. The van der Waals surface area contributed by atoms with E-state index in [1.165, 1.54) is 6.07 Å². The van der Waals surface area contributed by atoms with Crippen LogP contribution in [0.1, 0.15) is 18.4 Å². The van der Waals surface area contributed by atoms with Gasteiger partial charge < -0.3 is 4.74 Å². The molecule has 0 amide bonds. The van der Waals surface area contributed by atoms with Gasteiger partial charge in [-0.1, -0.05) is 15.9 Å². The minimum Gasteiger partial charge on any atom is -0.405 e. The highest BCUT2D eigenvalue weighted by molar-refractivity contribution is 9.10. The Morgan fingerprint density at radius 1 is 1.22 bits per heavy atom. The van der Waals surface area contributed by atoms with Gasteiger partial charge in [-0.15, -0.1) is 13.2 Å². The first kappa shape index (κ1) is 13.7. The standard InChI is InChI=1S/C12H13BrF3NO/c13-10-3-4-11(18-12(14,15)16)9(7-10)8-17-5-1-2-6-17/h3-4,7H,1-2,5-6,8H2. The molecule has 1 aliphatic rings. The maximum atomic E-state index is 12.3. The third-order valence-electron chi connectivity index (χ3n) is 2.84. The molecule has 2 rings (SSSR count). The van der Waals surface area contributed by atoms with Crippen molar-refractivity contribution in [3.05, 3.63) is 28.2 Å². The molecule has 1 aromatic rings. The average Bonchev–Trinajstić information content (AvgIpc) is 2.73. The molecule has 0 aliphatic carbocycles. The summed E-state index contributed by atoms with van der Waals surface area (Å²) in [6.07, 6.45) is -2.44. The molecule has 1 heterocycles. The van der Waals surface area contributed by atoms with E-state index in [1.807, 2.05) is 0 Å². The molecule has 1 aromatic carbocycles. The number of halogens is 4. The van der Waals surface area contributed by atoms with Gasteiger partial charge in [0.25, 0.3) is 0 Å². The predicted octanol–water partition coefficient (Wildman–Crippen LogP) is 3.94. The van der Waals surface area contributed by atoms with Crippen LogP contribution in [0.15, 0.2) is 22.7 Å². The number of rotatable bonds is 3. The largest absolute Gasteiger partial charge is 0.573 e. The normalized spacial score (nSPS) is 17.1. The highest BCUT2D eigenvalue weighted by atomic mass is 79.9. The fraction of sp³-hybridized carbons (Fsp3) is 0.500. The molecule has 0 bridgehead atoms. The summed E-state index contributed by atoms with van der Waals surface area (Å²) < 4.78 is 41.7. The first-order chi connectivity index (χ1) is 8.44. The lowest BCUT2D eigenvalue weighted by Gasteiger charge is -2.18. The molecule has 1 fully saturated rings. The number of alkyl halides is 3. The summed E-state index contributed by atoms with van der Waals surface area (Å²) in [6.45, 7) is 2.35. The molecule has 0 atom stereocenters. The average molecular weight is 324 g/mol. The number of nitrogens with zero attached hydrogens (tertiary/aromatic N) is 1. The minimum absolute atomic E-state index is 0.113. The van der Waals surface area contributed by atoms with E-state index >= 15 is 0 Å². The Morgan fingerprint density at radius 2 is 1.89 bits per heavy atom. The molecule has 18 heavy (non-hydrogen) atoms. The van der Waals surface area contributed by atoms with Gasteiger partial charge in [0.05, 0.1) is 0 Å². The summed E-state index contributed by atoms with van der Waals surface area (Å²) in [6, 6.07) is 4.58. The van der Waals surface area contributed by atoms with E-state index < -0.39 is 6.36 Å². The molecule has 6 heteroatoms. The quantitative estimate of drug-likeness (QED) is 0.835. The molecular weight excluding hydrogens is 311 g/mol. The van der Waals surface area contributed by atoms with E-state index in [1.54, 1.807) is 12.1 Å². The second-order valence-corrected chi connectivity index (χ2v) is 5.20. The number of likely N-dealkylation sites (tertiary alicyclic amines) is 1. The van der Waals surface area contributed by atoms with E-state index in [4.69, 9.17) is 0 Å². The summed E-state index contributed by atoms with van der Waals surface area (Å²) in [7, 11) is 0. The molecule has 0 saturated carbocycles. The highest BCUT2D eigenvalue weighted by Crippen LogP contribution is 2.30. The predicted molar refractivity (Wildman–Crippen MR) is 65.3 cm³/mol. The Bertz CT molecular complexity index is 416. The molecule has 100 valence electrons. The Kier molecular flexibility index (Phi) is 4.17. The maximum absolute atomic E-state index is 12.3. The van der Waals surface area contributed by atoms with Crippen molar-refractivity contribution in [2.24, 2.45) is 0 Å². The van der Waals surface area contributed by atoms with Crippen molar-refractivity contribution >= 4 is 15.9 Å². The van der Waals surface area contributed by atoms with Crippen molar-refractivity contribution in [3.63, 3.8) is 0 Å². The Labute approximate surface area is 112 Å². The van der Waals surface area contributed by atoms with Crippen LogP contribution in [0.2, 0.25) is 0 Å². The fourth-order valence-corrected chi connectivity index (χ4v) is 2.49. The zero-order valence-corrected chi connectivity index (χ0v) is 11.2. The van der Waals surface area contributed by atoms with Crippen LogP contribution in [-0.4, -0.2) is 24.4 Å². The second kappa shape index (κ2) is 5.48. The Balaban J connectivity index is 2.17. The molecule has 0 unspecified atom stereocenters. The molecule has 0 N–H and O–H groups in total. The van der Waals surface area contributed by atoms with Crippen molar-refractivity contribution in [1.29, 1.82) is 0 Å². The maximum Gasteiger partial charge on any atom is 0.573 e. The van der Waals surface area contributed by atoms with Gasteiger partial charge in [-0.05, 0) is 44.1 Å². The van der Waals surface area contributed by atoms with Crippen LogP contribution in [0.5, 0.6) is 5.75 Å². The van der Waals surface area contributed by atoms with Crippen LogP contribution in [0.4, 0.5) is 13.2 Å². The number of hydrogen-bond acceptors (Lipinski definition) is 2. The van der Waals surface area contributed by atoms with Gasteiger partial charge in [-0.2, -0.15) is 0 Å². The number of hydrogen-bond donors (Lipinski definition) is 0. The van der Waals surface area contributed by atoms with Gasteiger partial charge in [0.1, 0.15) is 5.75 Å². The molecule has 1 aliphatic heterocycles. The number of ether oxygens (including phenoxy) is 1. The van der Waals surface area contributed by atoms with E-state index in [-0.39, 0.29) is 5.75 Å². The summed E-state index contributed by atoms with van der Waals surface area (Å²) in [4.78, 5) is 2.13. The second-order valence-electron chi connectivity index (χ2n) is 4.28. The summed E-state index contributed by atoms with van der Waals surface area (Å²) in [5, 5.41) is 0. The molecule has 2 nitrogen and oxygen atoms in total. The lowest BCUT2D eigenvalue weighted by atomic mass is 10.2. The van der Waals surface area contributed by atoms with Crippen LogP contribution >= 0.6 is 15.9 Å². The van der Waals surface area contributed by atoms with Gasteiger partial charge in [-0.3, -0.25) is 4.90 Å². The highest BCUT2D eigenvalue weighted by Gasteiger charge is 2.32. The van der Waals surface area contributed by atoms with Crippen molar-refractivity contribution < 1.29 is 17.9 Å². The summed E-state index contributed by atoms with van der Waals surface area (Å²) in [5.74, 6) is -0.113. The van der Waals surface area contributed by atoms with Crippen LogP contribution < -0.4 is 4.74 Å². The Hall–Kier alpha value is -0.750. The SMILES string of the molecule is FC(F)(F)Oc1ccc(Br)cc1CN1CCCC1. The van der Waals surface area contributed by atoms with Gasteiger partial charge in [0.15, 0.2) is 0 Å². The fourth-order valence-electron chi connectivity index (χ4n) is 2.08. The zero-order valence-electron chi connectivity index (χ0n) is 9.63. The van der Waals surface area contributed by atoms with Gasteiger partial charge in [0.2, 0.25) is 0 Å². The van der Waals surface area contributed by atoms with Crippen LogP contribution in [0.25, 0.3) is 0 Å². The van der Waals surface area contributed by atoms with Crippen LogP contribution in [0.3, 0.4) is 0 Å². The van der Waals surface area contributed by atoms with Crippen LogP contribution in [0, 0.1) is 0 Å². The van der Waals surface area contributed by atoms with E-state index in [2.05, 4.69) is 25.6 Å². The molecule has 1 saturated heterocycles. The van der Waals surface area contributed by atoms with E-state index in [9.17, 15) is 13.2 Å². The number of benzene rings is 1. The summed E-state index contributed by atoms with van der Waals surface area (Å²) >= 11 is 3.27.